The quantitative estimate of drug-likeness (QED) is 0.785. The molecule has 0 aliphatic heterocycles. The number of aliphatic carboxylic acids is 1. The lowest BCUT2D eigenvalue weighted by Crippen LogP contribution is -2.40. The molecule has 0 aromatic carbocycles. The summed E-state index contributed by atoms with van der Waals surface area (Å²) in [5.74, 6) is -1.33. The molecule has 0 saturated carbocycles. The van der Waals surface area contributed by atoms with Gasteiger partial charge in [0.05, 0.1) is 6.20 Å². The Morgan fingerprint density at radius 3 is 2.72 bits per heavy atom. The molecule has 1 atom stereocenters. The van der Waals surface area contributed by atoms with Gasteiger partial charge in [-0.3, -0.25) is 9.48 Å². The minimum Gasteiger partial charge on any atom is -0.480 e. The van der Waals surface area contributed by atoms with E-state index in [-0.39, 0.29) is 16.3 Å². The molecule has 0 aliphatic rings. The van der Waals surface area contributed by atoms with Crippen LogP contribution in [0.5, 0.6) is 0 Å². The highest BCUT2D eigenvalue weighted by Crippen LogP contribution is 2.12. The number of sulfonamides is 1. The lowest BCUT2D eigenvalue weighted by molar-refractivity contribution is -0.138. The van der Waals surface area contributed by atoms with Crippen molar-refractivity contribution < 1.29 is 18.3 Å². The van der Waals surface area contributed by atoms with E-state index in [1.165, 1.54) is 10.9 Å². The molecule has 100 valence electrons. The molecule has 1 rings (SSSR count). The number of carboxylic acid groups (broad SMARTS) is 1. The average molecular weight is 294 g/mol. The van der Waals surface area contributed by atoms with Gasteiger partial charge in [-0.2, -0.15) is 9.82 Å². The van der Waals surface area contributed by atoms with Crippen LogP contribution in [-0.2, 0) is 21.9 Å². The van der Waals surface area contributed by atoms with E-state index in [1.807, 2.05) is 4.72 Å². The van der Waals surface area contributed by atoms with Crippen molar-refractivity contribution in [2.45, 2.75) is 17.4 Å². The minimum absolute atomic E-state index is 0.0521. The molecule has 0 radical (unpaired) electrons. The number of nitrogens with zero attached hydrogens (tertiary/aromatic N) is 2. The highest BCUT2D eigenvalue weighted by molar-refractivity contribution is 7.89. The number of aromatic nitrogens is 2. The maximum absolute atomic E-state index is 11.8. The summed E-state index contributed by atoms with van der Waals surface area (Å²) < 4.78 is 27.0. The third-order valence-electron chi connectivity index (χ3n) is 2.01. The van der Waals surface area contributed by atoms with E-state index in [0.29, 0.717) is 0 Å². The lowest BCUT2D eigenvalue weighted by Gasteiger charge is -2.12. The molecule has 0 fully saturated rings. The first-order valence-corrected chi connectivity index (χ1v) is 6.65. The van der Waals surface area contributed by atoms with E-state index in [4.69, 9.17) is 16.7 Å². The van der Waals surface area contributed by atoms with Gasteiger partial charge in [-0.05, 0) is 0 Å². The molecule has 9 heteroatoms. The van der Waals surface area contributed by atoms with Crippen LogP contribution in [0.2, 0.25) is 0 Å². The van der Waals surface area contributed by atoms with E-state index in [9.17, 15) is 13.2 Å². The zero-order valence-corrected chi connectivity index (χ0v) is 11.1. The van der Waals surface area contributed by atoms with Crippen molar-refractivity contribution in [2.75, 3.05) is 0 Å². The molecule has 1 aromatic heterocycles. The summed E-state index contributed by atoms with van der Waals surface area (Å²) in [5.41, 5.74) is 0. The van der Waals surface area contributed by atoms with Crippen molar-refractivity contribution in [1.29, 1.82) is 0 Å². The summed E-state index contributed by atoms with van der Waals surface area (Å²) in [6, 6.07) is -1.36. The van der Waals surface area contributed by atoms with Crippen LogP contribution in [0.25, 0.3) is 0 Å². The van der Waals surface area contributed by atoms with E-state index < -0.39 is 22.0 Å². The number of nitrogens with one attached hydrogen (secondary N) is 1. The molecule has 1 aromatic rings. The molecule has 0 spiro atoms. The molecule has 1 heterocycles. The molecular formula is C9H12ClN3O4S. The smallest absolute Gasteiger partial charge is 0.322 e. The van der Waals surface area contributed by atoms with Crippen LogP contribution in [0.1, 0.15) is 6.42 Å². The maximum Gasteiger partial charge on any atom is 0.322 e. The maximum atomic E-state index is 11.8. The molecule has 1 unspecified atom stereocenters. The zero-order valence-electron chi connectivity index (χ0n) is 9.50. The van der Waals surface area contributed by atoms with Crippen LogP contribution in [0, 0.1) is 0 Å². The van der Waals surface area contributed by atoms with Gasteiger partial charge >= 0.3 is 5.97 Å². The van der Waals surface area contributed by atoms with Crippen molar-refractivity contribution in [3.63, 3.8) is 0 Å². The highest BCUT2D eigenvalue weighted by Gasteiger charge is 2.26. The number of hydrogen-bond donors (Lipinski definition) is 2. The fourth-order valence-electron chi connectivity index (χ4n) is 1.19. The van der Waals surface area contributed by atoms with E-state index in [0.717, 1.165) is 6.20 Å². The van der Waals surface area contributed by atoms with Gasteiger partial charge in [0, 0.05) is 24.7 Å². The largest absolute Gasteiger partial charge is 0.480 e. The third-order valence-corrected chi connectivity index (χ3v) is 3.59. The summed E-state index contributed by atoms with van der Waals surface area (Å²) in [5, 5.41) is 12.6. The summed E-state index contributed by atoms with van der Waals surface area (Å²) in [6.45, 7) is 3.34. The van der Waals surface area contributed by atoms with Gasteiger partial charge in [-0.25, -0.2) is 8.42 Å². The molecule has 7 nitrogen and oxygen atoms in total. The molecule has 18 heavy (non-hydrogen) atoms. The molecule has 0 bridgehead atoms. The van der Waals surface area contributed by atoms with Crippen molar-refractivity contribution in [2.24, 2.45) is 7.05 Å². The predicted molar refractivity (Wildman–Crippen MR) is 64.6 cm³/mol. The fourth-order valence-corrected chi connectivity index (χ4v) is 2.52. The summed E-state index contributed by atoms with van der Waals surface area (Å²) in [6.07, 6.45) is 2.18. The second-order valence-corrected chi connectivity index (χ2v) is 5.83. The van der Waals surface area contributed by atoms with Gasteiger partial charge in [0.25, 0.3) is 0 Å². The number of halogens is 1. The van der Waals surface area contributed by atoms with Gasteiger partial charge in [0.1, 0.15) is 10.9 Å². The Morgan fingerprint density at radius 1 is 1.72 bits per heavy atom. The third kappa shape index (κ3) is 3.83. The number of carbonyl (C=O) groups is 1. The van der Waals surface area contributed by atoms with Gasteiger partial charge in [0.2, 0.25) is 10.0 Å². The summed E-state index contributed by atoms with van der Waals surface area (Å²) in [4.78, 5) is 10.8. The standard InChI is InChI=1S/C9H12ClN3O4S/c1-6(10)3-8(9(14)15)12-18(16,17)7-4-11-13(2)5-7/h4-5,8,12H,1,3H2,2H3,(H,14,15). The first-order valence-electron chi connectivity index (χ1n) is 4.79. The molecule has 0 aliphatic carbocycles. The van der Waals surface area contributed by atoms with Crippen LogP contribution in [-0.4, -0.2) is 35.3 Å². The van der Waals surface area contributed by atoms with Crippen molar-refractivity contribution >= 4 is 27.6 Å². The lowest BCUT2D eigenvalue weighted by atomic mass is 10.2. The Bertz CT molecular complexity index is 566. The Hall–Kier alpha value is -1.38. The normalized spacial score (nSPS) is 13.2. The second kappa shape index (κ2) is 5.51. The van der Waals surface area contributed by atoms with Crippen molar-refractivity contribution in [3.8, 4) is 0 Å². The molecule has 0 saturated heterocycles. The number of carboxylic acids is 1. The Labute approximate surface area is 109 Å². The van der Waals surface area contributed by atoms with Crippen molar-refractivity contribution in [3.05, 3.63) is 24.0 Å². The number of aryl methyl sites for hydroxylation is 1. The van der Waals surface area contributed by atoms with E-state index in [1.54, 1.807) is 7.05 Å². The number of hydrogen-bond acceptors (Lipinski definition) is 4. The van der Waals surface area contributed by atoms with Crippen LogP contribution in [0.4, 0.5) is 0 Å². The van der Waals surface area contributed by atoms with Gasteiger partial charge in [0.15, 0.2) is 0 Å². The van der Waals surface area contributed by atoms with Gasteiger partial charge in [-0.1, -0.05) is 18.2 Å². The highest BCUT2D eigenvalue weighted by atomic mass is 35.5. The number of rotatable bonds is 6. The fraction of sp³-hybridized carbons (Fsp3) is 0.333. The zero-order chi connectivity index (χ0) is 13.9. The molecule has 2 N–H and O–H groups in total. The van der Waals surface area contributed by atoms with Crippen LogP contribution < -0.4 is 4.72 Å². The predicted octanol–water partition coefficient (Wildman–Crippen LogP) is 0.294. The first-order chi connectivity index (χ1) is 8.22. The topological polar surface area (TPSA) is 101 Å². The van der Waals surface area contributed by atoms with Crippen LogP contribution in [0.3, 0.4) is 0 Å². The Kier molecular flexibility index (Phi) is 4.49. The molecule has 0 amide bonds. The average Bonchev–Trinajstić information content (AvgIpc) is 2.63. The van der Waals surface area contributed by atoms with Crippen LogP contribution >= 0.6 is 11.6 Å². The summed E-state index contributed by atoms with van der Waals surface area (Å²) in [7, 11) is -2.39. The van der Waals surface area contributed by atoms with E-state index >= 15 is 0 Å². The van der Waals surface area contributed by atoms with E-state index in [2.05, 4.69) is 11.7 Å². The Morgan fingerprint density at radius 2 is 2.33 bits per heavy atom. The minimum atomic E-state index is -3.94. The van der Waals surface area contributed by atoms with Gasteiger partial charge in [-0.15, -0.1) is 0 Å². The Balaban J connectivity index is 2.93. The van der Waals surface area contributed by atoms with Gasteiger partial charge < -0.3 is 5.11 Å². The van der Waals surface area contributed by atoms with Crippen molar-refractivity contribution in [1.82, 2.24) is 14.5 Å². The monoisotopic (exact) mass is 293 g/mol. The first kappa shape index (κ1) is 14.7. The SMILES string of the molecule is C=C(Cl)CC(NS(=O)(=O)c1cnn(C)c1)C(=O)O. The summed E-state index contributed by atoms with van der Waals surface area (Å²) >= 11 is 5.49. The second-order valence-electron chi connectivity index (χ2n) is 3.58. The molecular weight excluding hydrogens is 282 g/mol. The van der Waals surface area contributed by atoms with Crippen LogP contribution in [0.15, 0.2) is 28.9 Å².